The average molecular weight is 497 g/mol. The van der Waals surface area contributed by atoms with Gasteiger partial charge in [0.2, 0.25) is 5.91 Å². The molecule has 0 unspecified atom stereocenters. The van der Waals surface area contributed by atoms with Gasteiger partial charge in [0.1, 0.15) is 16.5 Å². The smallest absolute Gasteiger partial charge is 0.349 e. The maximum Gasteiger partial charge on any atom is 0.355 e. The Morgan fingerprint density at radius 1 is 1.26 bits per heavy atom. The van der Waals surface area contributed by atoms with E-state index in [4.69, 9.17) is 11.6 Å². The van der Waals surface area contributed by atoms with E-state index in [2.05, 4.69) is 21.5 Å². The van der Waals surface area contributed by atoms with Crippen LogP contribution in [0, 0.1) is 6.92 Å². The van der Waals surface area contributed by atoms with Crippen LogP contribution in [0.2, 0.25) is 5.02 Å². The van der Waals surface area contributed by atoms with Gasteiger partial charge in [0.05, 0.1) is 16.8 Å². The first kappa shape index (κ1) is 24.7. The summed E-state index contributed by atoms with van der Waals surface area (Å²) in [5, 5.41) is 0.536. The van der Waals surface area contributed by atoms with Gasteiger partial charge >= 0.3 is 5.69 Å². The minimum absolute atomic E-state index is 0.00101. The Hall–Kier alpha value is -3.46. The van der Waals surface area contributed by atoms with Crippen LogP contribution in [0.1, 0.15) is 44.9 Å². The molecule has 3 aromatic rings. The van der Waals surface area contributed by atoms with Crippen LogP contribution in [0.25, 0.3) is 16.7 Å². The summed E-state index contributed by atoms with van der Waals surface area (Å²) in [5.74, 6) is 0.303. The number of hydrogen-bond acceptors (Lipinski definition) is 6. The monoisotopic (exact) mass is 496 g/mol. The van der Waals surface area contributed by atoms with Crippen LogP contribution in [0.5, 0.6) is 0 Å². The van der Waals surface area contributed by atoms with Crippen molar-refractivity contribution in [2.24, 2.45) is 0 Å². The van der Waals surface area contributed by atoms with Crippen molar-refractivity contribution in [3.63, 3.8) is 0 Å². The van der Waals surface area contributed by atoms with Crippen LogP contribution in [0.4, 0.5) is 5.82 Å². The molecule has 0 radical (unpaired) electrons. The highest BCUT2D eigenvalue weighted by molar-refractivity contribution is 6.31. The third kappa shape index (κ3) is 4.25. The van der Waals surface area contributed by atoms with E-state index in [-0.39, 0.29) is 28.9 Å². The second kappa shape index (κ2) is 9.30. The first-order chi connectivity index (χ1) is 16.5. The van der Waals surface area contributed by atoms with Crippen LogP contribution in [-0.2, 0) is 4.79 Å². The topological polar surface area (TPSA) is 104 Å². The minimum atomic E-state index is -0.534. The fourth-order valence-corrected chi connectivity index (χ4v) is 4.85. The van der Waals surface area contributed by atoms with Crippen molar-refractivity contribution in [2.75, 3.05) is 18.0 Å². The fraction of sp³-hybridized carbons (Fsp3) is 0.400. The molecular weight excluding hydrogens is 468 g/mol. The van der Waals surface area contributed by atoms with Crippen molar-refractivity contribution in [3.05, 3.63) is 68.1 Å². The molecule has 0 aromatic carbocycles. The Kier molecular flexibility index (Phi) is 6.55. The predicted octanol–water partition coefficient (Wildman–Crippen LogP) is 3.17. The van der Waals surface area contributed by atoms with Crippen molar-refractivity contribution >= 4 is 34.4 Å². The first-order valence-corrected chi connectivity index (χ1v) is 11.9. The Labute approximate surface area is 208 Å². The number of amides is 1. The van der Waals surface area contributed by atoms with Crippen molar-refractivity contribution in [1.29, 1.82) is 0 Å². The number of aromatic amines is 1. The number of halogens is 1. The number of nitrogens with zero attached hydrogens (tertiary/aromatic N) is 5. The number of aryl methyl sites for hydroxylation is 1. The van der Waals surface area contributed by atoms with Gasteiger partial charge in [-0.05, 0) is 50.5 Å². The SMILES string of the molecule is C=CC(=O)N1C[C@H](C)N(c2nc(=O)n(-c3c(C)ccnc3C(C)C)c3[nH]c(=O)c(Cl)cc23)C[C@H]1C. The summed E-state index contributed by atoms with van der Waals surface area (Å²) in [6.07, 6.45) is 3.01. The zero-order chi connectivity index (χ0) is 25.6. The average Bonchev–Trinajstić information content (AvgIpc) is 2.81. The number of rotatable bonds is 4. The van der Waals surface area contributed by atoms with Gasteiger partial charge in [-0.1, -0.05) is 32.0 Å². The molecule has 1 saturated heterocycles. The highest BCUT2D eigenvalue weighted by Crippen LogP contribution is 2.31. The highest BCUT2D eigenvalue weighted by atomic mass is 35.5. The molecule has 1 amide bonds. The zero-order valence-corrected chi connectivity index (χ0v) is 21.3. The van der Waals surface area contributed by atoms with E-state index in [1.807, 2.05) is 45.6 Å². The molecule has 1 aliphatic heterocycles. The second-order valence-corrected chi connectivity index (χ2v) is 9.73. The molecule has 35 heavy (non-hydrogen) atoms. The van der Waals surface area contributed by atoms with Crippen molar-refractivity contribution in [2.45, 2.75) is 52.6 Å². The van der Waals surface area contributed by atoms with Crippen LogP contribution < -0.4 is 16.1 Å². The van der Waals surface area contributed by atoms with E-state index in [1.165, 1.54) is 10.6 Å². The number of piperazine rings is 1. The second-order valence-electron chi connectivity index (χ2n) is 9.32. The Morgan fingerprint density at radius 3 is 2.63 bits per heavy atom. The van der Waals surface area contributed by atoms with Crippen LogP contribution in [-0.4, -0.2) is 55.5 Å². The third-order valence-electron chi connectivity index (χ3n) is 6.47. The summed E-state index contributed by atoms with van der Waals surface area (Å²) in [7, 11) is 0. The van der Waals surface area contributed by atoms with E-state index < -0.39 is 11.2 Å². The predicted molar refractivity (Wildman–Crippen MR) is 138 cm³/mol. The van der Waals surface area contributed by atoms with E-state index in [1.54, 1.807) is 17.2 Å². The number of aromatic nitrogens is 4. The Morgan fingerprint density at radius 2 is 1.97 bits per heavy atom. The number of fused-ring (bicyclic) bond motifs is 1. The summed E-state index contributed by atoms with van der Waals surface area (Å²) in [6.45, 7) is 14.3. The summed E-state index contributed by atoms with van der Waals surface area (Å²) < 4.78 is 1.42. The molecule has 0 aliphatic carbocycles. The van der Waals surface area contributed by atoms with E-state index in [9.17, 15) is 14.4 Å². The number of hydrogen-bond donors (Lipinski definition) is 1. The molecule has 2 atom stereocenters. The molecule has 0 bridgehead atoms. The van der Waals surface area contributed by atoms with E-state index in [0.29, 0.717) is 35.6 Å². The van der Waals surface area contributed by atoms with Crippen LogP contribution in [0.15, 0.2) is 40.6 Å². The normalized spacial score (nSPS) is 18.4. The lowest BCUT2D eigenvalue weighted by atomic mass is 10.0. The minimum Gasteiger partial charge on any atom is -0.349 e. The molecule has 184 valence electrons. The lowest BCUT2D eigenvalue weighted by molar-refractivity contribution is -0.128. The van der Waals surface area contributed by atoms with Gasteiger partial charge in [-0.15, -0.1) is 0 Å². The number of nitrogens with one attached hydrogen (secondary N) is 1. The standard InChI is InChI=1S/C25H29ClN6O3/c1-7-19(33)30-11-16(6)31(12-15(30)5)22-17-10-18(26)24(34)28-23(17)32(25(35)29-22)21-14(4)8-9-27-20(21)13(2)3/h7-10,13,15-16H,1,11-12H2,2-6H3,(H,28,34)/t15-,16+/m1/s1. The maximum atomic E-state index is 13.6. The lowest BCUT2D eigenvalue weighted by Crippen LogP contribution is -2.58. The van der Waals surface area contributed by atoms with Crippen molar-refractivity contribution < 1.29 is 4.79 Å². The number of H-pyrrole nitrogens is 1. The van der Waals surface area contributed by atoms with Crippen LogP contribution >= 0.6 is 11.6 Å². The highest BCUT2D eigenvalue weighted by Gasteiger charge is 2.33. The van der Waals surface area contributed by atoms with Gasteiger partial charge < -0.3 is 14.8 Å². The molecule has 1 fully saturated rings. The summed E-state index contributed by atoms with van der Waals surface area (Å²) >= 11 is 6.24. The fourth-order valence-electron chi connectivity index (χ4n) is 4.70. The molecule has 1 aliphatic rings. The van der Waals surface area contributed by atoms with Gasteiger partial charge in [-0.25, -0.2) is 9.36 Å². The molecule has 4 heterocycles. The summed E-state index contributed by atoms with van der Waals surface area (Å²) in [5.41, 5.74) is 1.41. The van der Waals surface area contributed by atoms with Crippen molar-refractivity contribution in [3.8, 4) is 5.69 Å². The van der Waals surface area contributed by atoms with Gasteiger partial charge in [-0.2, -0.15) is 4.98 Å². The van der Waals surface area contributed by atoms with Gasteiger partial charge in [-0.3, -0.25) is 14.6 Å². The number of anilines is 1. The number of carbonyl (C=O) groups excluding carboxylic acids is 1. The molecule has 0 spiro atoms. The Balaban J connectivity index is 1.99. The van der Waals surface area contributed by atoms with Gasteiger partial charge in [0.15, 0.2) is 0 Å². The molecule has 1 N–H and O–H groups in total. The maximum absolute atomic E-state index is 13.6. The molecule has 9 nitrogen and oxygen atoms in total. The zero-order valence-electron chi connectivity index (χ0n) is 20.5. The third-order valence-corrected chi connectivity index (χ3v) is 6.75. The number of pyridine rings is 2. The van der Waals surface area contributed by atoms with Crippen molar-refractivity contribution in [1.82, 2.24) is 24.4 Å². The number of carbonyl (C=O) groups is 1. The summed E-state index contributed by atoms with van der Waals surface area (Å²) in [6, 6.07) is 3.09. The Bertz CT molecular complexity index is 1440. The quantitative estimate of drug-likeness (QED) is 0.556. The lowest BCUT2D eigenvalue weighted by Gasteiger charge is -2.44. The van der Waals surface area contributed by atoms with Gasteiger partial charge in [0.25, 0.3) is 5.56 Å². The van der Waals surface area contributed by atoms with E-state index in [0.717, 1.165) is 11.3 Å². The molecular formula is C25H29ClN6O3. The van der Waals surface area contributed by atoms with Crippen LogP contribution in [0.3, 0.4) is 0 Å². The molecule has 4 rings (SSSR count). The largest absolute Gasteiger partial charge is 0.355 e. The van der Waals surface area contributed by atoms with Gasteiger partial charge in [0, 0.05) is 31.4 Å². The molecule has 0 saturated carbocycles. The van der Waals surface area contributed by atoms with E-state index >= 15 is 0 Å². The first-order valence-electron chi connectivity index (χ1n) is 11.6. The summed E-state index contributed by atoms with van der Waals surface area (Å²) in [4.78, 5) is 54.0. The molecule has 3 aromatic heterocycles. The molecule has 10 heteroatoms.